The molecule has 2 aliphatic heterocycles. The standard InChI is InChI=1S/C42H46O10/c1-25(15-19-47-39-27-9-13-37(43)49-33(27)23-31-29(39)17-21-45-31)7-11-35(41(3,4)44)51-38-14-10-28-34(50-38)24-32-30(18-22-46-32)40(28)48-20-16-26(2)8-12-36-42(5,6)52-36/h9-10,13-18,21-24,35-36,38,44H,7-8,11-12,19-20H2,1-6H3/b25-15+,26-16+/t35-,36?,38+/m1/s1. The highest BCUT2D eigenvalue weighted by atomic mass is 16.7. The first-order valence-electron chi connectivity index (χ1n) is 17.8. The van der Waals surface area contributed by atoms with Crippen LogP contribution in [-0.2, 0) is 9.47 Å². The minimum atomic E-state index is -1.14. The molecule has 0 aliphatic carbocycles. The first-order chi connectivity index (χ1) is 24.9. The fourth-order valence-corrected chi connectivity index (χ4v) is 6.61. The third kappa shape index (κ3) is 7.84. The van der Waals surface area contributed by atoms with Gasteiger partial charge in [-0.2, -0.15) is 0 Å². The average Bonchev–Trinajstić information content (AvgIpc) is 3.42. The van der Waals surface area contributed by atoms with Gasteiger partial charge >= 0.3 is 5.63 Å². The Kier molecular flexibility index (Phi) is 9.82. The molecular weight excluding hydrogens is 664 g/mol. The predicted octanol–water partition coefficient (Wildman–Crippen LogP) is 9.26. The molecule has 10 heteroatoms. The molecule has 0 saturated carbocycles. The van der Waals surface area contributed by atoms with Gasteiger partial charge in [0, 0.05) is 18.2 Å². The van der Waals surface area contributed by atoms with Crippen LogP contribution in [0.2, 0.25) is 0 Å². The van der Waals surface area contributed by atoms with Gasteiger partial charge in [-0.25, -0.2) is 4.79 Å². The Morgan fingerprint density at radius 3 is 2.23 bits per heavy atom. The third-order valence-corrected chi connectivity index (χ3v) is 9.86. The number of epoxide rings is 1. The van der Waals surface area contributed by atoms with Crippen molar-refractivity contribution < 1.29 is 42.0 Å². The van der Waals surface area contributed by atoms with Gasteiger partial charge in [-0.3, -0.25) is 0 Å². The van der Waals surface area contributed by atoms with Crippen LogP contribution in [0.15, 0.2) is 96.3 Å². The van der Waals surface area contributed by atoms with E-state index in [4.69, 9.17) is 36.9 Å². The molecular formula is C42H46O10. The highest BCUT2D eigenvalue weighted by molar-refractivity contribution is 6.01. The molecule has 0 radical (unpaired) electrons. The summed E-state index contributed by atoms with van der Waals surface area (Å²) in [6.07, 6.45) is 13.3. The number of ether oxygens (including phenoxy) is 5. The maximum Gasteiger partial charge on any atom is 0.336 e. The first-order valence-corrected chi connectivity index (χ1v) is 17.8. The van der Waals surface area contributed by atoms with Gasteiger partial charge in [-0.15, -0.1) is 0 Å². The van der Waals surface area contributed by atoms with Crippen molar-refractivity contribution in [2.24, 2.45) is 0 Å². The molecule has 274 valence electrons. The van der Waals surface area contributed by atoms with Crippen LogP contribution in [0.1, 0.15) is 72.8 Å². The molecule has 1 fully saturated rings. The monoisotopic (exact) mass is 710 g/mol. The fraction of sp³-hybridized carbons (Fsp3) is 0.405. The molecule has 1 unspecified atom stereocenters. The summed E-state index contributed by atoms with van der Waals surface area (Å²) in [4.78, 5) is 11.8. The summed E-state index contributed by atoms with van der Waals surface area (Å²) in [6, 6.07) is 10.3. The molecule has 1 saturated heterocycles. The van der Waals surface area contributed by atoms with Crippen molar-refractivity contribution in [1.82, 2.24) is 0 Å². The van der Waals surface area contributed by atoms with Gasteiger partial charge in [0.05, 0.1) is 57.7 Å². The van der Waals surface area contributed by atoms with Crippen molar-refractivity contribution in [2.75, 3.05) is 13.2 Å². The summed E-state index contributed by atoms with van der Waals surface area (Å²) < 4.78 is 47.6. The van der Waals surface area contributed by atoms with Crippen molar-refractivity contribution in [3.05, 3.63) is 94.3 Å². The zero-order valence-electron chi connectivity index (χ0n) is 30.5. The summed E-state index contributed by atoms with van der Waals surface area (Å²) in [5.41, 5.74) is 3.18. The normalized spacial score (nSPS) is 19.2. The topological polar surface area (TPSA) is 126 Å². The lowest BCUT2D eigenvalue weighted by Gasteiger charge is -2.33. The van der Waals surface area contributed by atoms with E-state index in [1.165, 1.54) is 11.6 Å². The van der Waals surface area contributed by atoms with E-state index < -0.39 is 23.6 Å². The Bertz CT molecular complexity index is 2220. The lowest BCUT2D eigenvalue weighted by Crippen LogP contribution is -2.42. The van der Waals surface area contributed by atoms with E-state index in [1.54, 1.807) is 38.5 Å². The van der Waals surface area contributed by atoms with E-state index in [1.807, 2.05) is 43.4 Å². The van der Waals surface area contributed by atoms with E-state index in [0.717, 1.165) is 34.8 Å². The Morgan fingerprint density at radius 2 is 1.54 bits per heavy atom. The lowest BCUT2D eigenvalue weighted by molar-refractivity contribution is -0.159. The number of hydrogen-bond donors (Lipinski definition) is 1. The SMILES string of the molecule is C/C(=C\COc1c2c(cc3occc13)O[C@@H](O[C@H](CC/C(C)=C/COc1c3ccoc3cc3oc(=O)ccc13)C(C)(C)O)C=C2)CCC1OC1(C)C. The maximum atomic E-state index is 11.8. The van der Waals surface area contributed by atoms with Crippen molar-refractivity contribution in [2.45, 2.75) is 96.9 Å². The fourth-order valence-electron chi connectivity index (χ4n) is 6.61. The number of aliphatic hydroxyl groups is 1. The van der Waals surface area contributed by atoms with Crippen LogP contribution in [0.25, 0.3) is 39.0 Å². The molecule has 2 aliphatic rings. The first kappa shape index (κ1) is 35.6. The van der Waals surface area contributed by atoms with Gasteiger partial charge < -0.3 is 42.0 Å². The smallest absolute Gasteiger partial charge is 0.336 e. The van der Waals surface area contributed by atoms with Gasteiger partial charge in [-0.05, 0) is 110 Å². The molecule has 2 aromatic carbocycles. The van der Waals surface area contributed by atoms with Crippen molar-refractivity contribution in [1.29, 1.82) is 0 Å². The number of allylic oxidation sites excluding steroid dienone is 2. The Hall–Kier alpha value is -4.77. The van der Waals surface area contributed by atoms with E-state index >= 15 is 0 Å². The average molecular weight is 711 g/mol. The largest absolute Gasteiger partial charge is 0.488 e. The van der Waals surface area contributed by atoms with Gasteiger partial charge in [0.1, 0.15) is 47.2 Å². The number of hydrogen-bond acceptors (Lipinski definition) is 10. The minimum Gasteiger partial charge on any atom is -0.488 e. The van der Waals surface area contributed by atoms with Gasteiger partial charge in [0.25, 0.3) is 0 Å². The molecule has 5 heterocycles. The van der Waals surface area contributed by atoms with Gasteiger partial charge in [0.2, 0.25) is 6.29 Å². The van der Waals surface area contributed by atoms with Crippen LogP contribution in [0.3, 0.4) is 0 Å². The molecule has 0 spiro atoms. The van der Waals surface area contributed by atoms with Gasteiger partial charge in [0.15, 0.2) is 0 Å². The lowest BCUT2D eigenvalue weighted by atomic mass is 9.95. The Balaban J connectivity index is 0.980. The number of benzene rings is 2. The highest BCUT2D eigenvalue weighted by Gasteiger charge is 2.46. The van der Waals surface area contributed by atoms with Crippen molar-refractivity contribution in [3.63, 3.8) is 0 Å². The molecule has 5 aromatic rings. The van der Waals surface area contributed by atoms with Crippen LogP contribution in [0.4, 0.5) is 0 Å². The van der Waals surface area contributed by atoms with E-state index in [0.29, 0.717) is 71.5 Å². The second-order valence-corrected chi connectivity index (χ2v) is 14.8. The molecule has 7 rings (SSSR count). The maximum absolute atomic E-state index is 11.8. The summed E-state index contributed by atoms with van der Waals surface area (Å²) >= 11 is 0. The van der Waals surface area contributed by atoms with Gasteiger partial charge in [-0.1, -0.05) is 11.1 Å². The zero-order chi connectivity index (χ0) is 36.6. The summed E-state index contributed by atoms with van der Waals surface area (Å²) in [7, 11) is 0. The number of fused-ring (bicyclic) bond motifs is 4. The van der Waals surface area contributed by atoms with E-state index in [-0.39, 0.29) is 5.60 Å². The molecule has 0 amide bonds. The molecule has 0 bridgehead atoms. The number of rotatable bonds is 15. The Morgan fingerprint density at radius 1 is 0.904 bits per heavy atom. The van der Waals surface area contributed by atoms with Crippen molar-refractivity contribution >= 4 is 39.0 Å². The van der Waals surface area contributed by atoms with Crippen LogP contribution < -0.4 is 19.8 Å². The Labute approximate surface area is 302 Å². The van der Waals surface area contributed by atoms with Crippen LogP contribution in [-0.4, -0.2) is 48.0 Å². The van der Waals surface area contributed by atoms with Crippen LogP contribution >= 0.6 is 0 Å². The molecule has 3 aromatic heterocycles. The van der Waals surface area contributed by atoms with E-state index in [9.17, 15) is 9.90 Å². The molecule has 1 N–H and O–H groups in total. The highest BCUT2D eigenvalue weighted by Crippen LogP contribution is 2.42. The van der Waals surface area contributed by atoms with Crippen molar-refractivity contribution in [3.8, 4) is 17.2 Å². The second-order valence-electron chi connectivity index (χ2n) is 14.8. The second kappa shape index (κ2) is 14.3. The summed E-state index contributed by atoms with van der Waals surface area (Å²) in [6.45, 7) is 12.6. The predicted molar refractivity (Wildman–Crippen MR) is 199 cm³/mol. The summed E-state index contributed by atoms with van der Waals surface area (Å²) in [5, 5.41) is 13.5. The van der Waals surface area contributed by atoms with E-state index in [2.05, 4.69) is 26.8 Å². The minimum absolute atomic E-state index is 0.00273. The zero-order valence-corrected chi connectivity index (χ0v) is 30.5. The quantitative estimate of drug-likeness (QED) is 0.0638. The van der Waals surface area contributed by atoms with Crippen LogP contribution in [0, 0.1) is 0 Å². The summed E-state index contributed by atoms with van der Waals surface area (Å²) in [5.74, 6) is 1.86. The molecule has 52 heavy (non-hydrogen) atoms. The third-order valence-electron chi connectivity index (χ3n) is 9.86. The number of furan rings is 2. The van der Waals surface area contributed by atoms with Crippen LogP contribution in [0.5, 0.6) is 17.2 Å². The molecule has 3 atom stereocenters. The molecule has 10 nitrogen and oxygen atoms in total.